The van der Waals surface area contributed by atoms with Crippen LogP contribution in [0.2, 0.25) is 0 Å². The smallest absolute Gasteiger partial charge is 0.129 e. The summed E-state index contributed by atoms with van der Waals surface area (Å²) in [4.78, 5) is 12.3. The van der Waals surface area contributed by atoms with Crippen molar-refractivity contribution in [3.8, 4) is 11.8 Å². The van der Waals surface area contributed by atoms with Gasteiger partial charge in [-0.15, -0.1) is 0 Å². The molecule has 0 aliphatic rings. The molecule has 3 aromatic rings. The summed E-state index contributed by atoms with van der Waals surface area (Å²) in [6, 6.07) is 21.2. The predicted octanol–water partition coefficient (Wildman–Crippen LogP) is 4.72. The van der Waals surface area contributed by atoms with E-state index < -0.39 is 12.0 Å². The molecule has 1 N–H and O–H groups in total. The molecule has 0 saturated heterocycles. The number of ether oxygens (including phenoxy) is 1. The highest BCUT2D eigenvalue weighted by atomic mass is 16.5. The van der Waals surface area contributed by atoms with E-state index in [-0.39, 0.29) is 0 Å². The number of rotatable bonds is 10. The Bertz CT molecular complexity index is 1160. The van der Waals surface area contributed by atoms with Gasteiger partial charge in [0.05, 0.1) is 23.6 Å². The second-order valence-corrected chi connectivity index (χ2v) is 8.02. The number of aliphatic carboxylic acids is 1. The summed E-state index contributed by atoms with van der Waals surface area (Å²) >= 11 is 0. The molecule has 33 heavy (non-hydrogen) atoms. The lowest BCUT2D eigenvalue weighted by Crippen LogP contribution is -2.34. The fourth-order valence-electron chi connectivity index (χ4n) is 3.63. The fraction of sp³-hybridized carbons (Fsp3) is 0.214. The number of carboxylic acids is 1. The van der Waals surface area contributed by atoms with Crippen LogP contribution in [0.4, 0.5) is 5.69 Å². The van der Waals surface area contributed by atoms with Crippen LogP contribution in [0.1, 0.15) is 47.7 Å². The van der Waals surface area contributed by atoms with Crippen molar-refractivity contribution in [2.75, 3.05) is 5.32 Å². The third-order valence-electron chi connectivity index (χ3n) is 5.25. The Hall–Kier alpha value is -4.04. The van der Waals surface area contributed by atoms with Gasteiger partial charge >= 0.3 is 0 Å². The van der Waals surface area contributed by atoms with Gasteiger partial charge in [-0.05, 0) is 66.8 Å². The Morgan fingerprint density at radius 2 is 1.82 bits per heavy atom. The fourth-order valence-corrected chi connectivity index (χ4v) is 3.63. The molecule has 0 aromatic heterocycles. The molecule has 168 valence electrons. The Balaban J connectivity index is 2.06. The minimum atomic E-state index is -1.27. The zero-order chi connectivity index (χ0) is 23.8. The summed E-state index contributed by atoms with van der Waals surface area (Å²) in [5.41, 5.74) is 5.39. The van der Waals surface area contributed by atoms with E-state index in [0.29, 0.717) is 35.6 Å². The number of carbonyl (C=O) groups excluding carboxylic acids is 1. The molecule has 0 fully saturated rings. The number of nitriles is 1. The van der Waals surface area contributed by atoms with Crippen LogP contribution in [0.25, 0.3) is 0 Å². The highest BCUT2D eigenvalue weighted by Crippen LogP contribution is 2.35. The van der Waals surface area contributed by atoms with E-state index >= 15 is 0 Å². The lowest BCUT2D eigenvalue weighted by atomic mass is 9.94. The maximum Gasteiger partial charge on any atom is 0.129 e. The third kappa shape index (κ3) is 6.24. The number of carbonyl (C=O) groups is 1. The van der Waals surface area contributed by atoms with Gasteiger partial charge in [0.15, 0.2) is 0 Å². The number of nitrogens with one attached hydrogen (secondary N) is 1. The number of hydrogen-bond donors (Lipinski definition) is 1. The molecular weight excluding hydrogens is 412 g/mol. The van der Waals surface area contributed by atoms with Gasteiger partial charge < -0.3 is 20.0 Å². The van der Waals surface area contributed by atoms with Gasteiger partial charge in [0.1, 0.15) is 12.4 Å². The van der Waals surface area contributed by atoms with Crippen LogP contribution in [-0.4, -0.2) is 5.97 Å². The third-order valence-corrected chi connectivity index (χ3v) is 5.25. The summed E-state index contributed by atoms with van der Waals surface area (Å²) < 4.78 is 6.24. The molecule has 5 heteroatoms. The van der Waals surface area contributed by atoms with Crippen molar-refractivity contribution in [3.63, 3.8) is 0 Å². The average Bonchev–Trinajstić information content (AvgIpc) is 2.81. The molecule has 0 aliphatic heterocycles. The summed E-state index contributed by atoms with van der Waals surface area (Å²) in [5, 5.41) is 24.4. The van der Waals surface area contributed by atoms with Crippen molar-refractivity contribution in [3.05, 3.63) is 107 Å². The van der Waals surface area contributed by atoms with Crippen LogP contribution in [-0.2, 0) is 24.2 Å². The first-order valence-electron chi connectivity index (χ1n) is 10.9. The predicted molar refractivity (Wildman–Crippen MR) is 128 cm³/mol. The zero-order valence-corrected chi connectivity index (χ0v) is 18.9. The molecular formula is C28H27N2O3-. The molecule has 0 spiro atoms. The monoisotopic (exact) mass is 439 g/mol. The number of benzene rings is 3. The van der Waals surface area contributed by atoms with Crippen molar-refractivity contribution in [2.24, 2.45) is 0 Å². The maximum atomic E-state index is 12.3. The van der Waals surface area contributed by atoms with Crippen molar-refractivity contribution >= 4 is 11.7 Å². The van der Waals surface area contributed by atoms with Gasteiger partial charge in [-0.2, -0.15) is 5.26 Å². The van der Waals surface area contributed by atoms with E-state index in [1.54, 1.807) is 24.3 Å². The highest BCUT2D eigenvalue weighted by molar-refractivity contribution is 5.79. The Morgan fingerprint density at radius 3 is 2.39 bits per heavy atom. The average molecular weight is 440 g/mol. The SMILES string of the molecule is C=C(C)Cc1cc(CC)cc(C(Nc2ccc(C#N)cc2)C(=O)[O-])c1OCc1ccccc1. The minimum Gasteiger partial charge on any atom is -0.548 e. The van der Waals surface area contributed by atoms with Crippen LogP contribution in [0.5, 0.6) is 5.75 Å². The van der Waals surface area contributed by atoms with Crippen LogP contribution in [0.15, 0.2) is 78.9 Å². The van der Waals surface area contributed by atoms with E-state index in [1.807, 2.05) is 56.3 Å². The number of anilines is 1. The van der Waals surface area contributed by atoms with Crippen molar-refractivity contribution < 1.29 is 14.6 Å². The number of aryl methyl sites for hydroxylation is 1. The summed E-state index contributed by atoms with van der Waals surface area (Å²) in [6.45, 7) is 8.30. The normalized spacial score (nSPS) is 11.3. The Kier molecular flexibility index (Phi) is 7.88. The molecule has 0 saturated carbocycles. The van der Waals surface area contributed by atoms with Gasteiger partial charge in [-0.1, -0.05) is 55.5 Å². The van der Waals surface area contributed by atoms with Gasteiger partial charge in [0, 0.05) is 11.3 Å². The molecule has 0 bridgehead atoms. The largest absolute Gasteiger partial charge is 0.548 e. The van der Waals surface area contributed by atoms with Crippen LogP contribution in [0.3, 0.4) is 0 Å². The van der Waals surface area contributed by atoms with Gasteiger partial charge in [0.25, 0.3) is 0 Å². The van der Waals surface area contributed by atoms with Gasteiger partial charge in [-0.3, -0.25) is 0 Å². The number of allylic oxidation sites excluding steroid dienone is 1. The highest BCUT2D eigenvalue weighted by Gasteiger charge is 2.22. The molecule has 0 radical (unpaired) electrons. The first kappa shape index (κ1) is 23.6. The first-order valence-corrected chi connectivity index (χ1v) is 10.9. The molecule has 1 unspecified atom stereocenters. The standard InChI is InChI=1S/C28H28N2O3/c1-4-20-15-23(14-19(2)3)27(33-18-22-8-6-5-7-9-22)25(16-20)26(28(31)32)30-24-12-10-21(17-29)11-13-24/h5-13,15-16,26,30H,2,4,14,18H2,1,3H3,(H,31,32)/p-1. The first-order chi connectivity index (χ1) is 15.9. The van der Waals surface area contributed by atoms with E-state index in [2.05, 4.69) is 18.0 Å². The number of carboxylic acid groups (broad SMARTS) is 1. The van der Waals surface area contributed by atoms with E-state index in [9.17, 15) is 9.90 Å². The lowest BCUT2D eigenvalue weighted by molar-refractivity contribution is -0.307. The molecule has 0 amide bonds. The summed E-state index contributed by atoms with van der Waals surface area (Å²) in [6.07, 6.45) is 1.31. The van der Waals surface area contributed by atoms with Crippen LogP contribution in [0, 0.1) is 11.3 Å². The summed E-state index contributed by atoms with van der Waals surface area (Å²) in [7, 11) is 0. The van der Waals surface area contributed by atoms with E-state index in [4.69, 9.17) is 10.00 Å². The Labute approximate surface area is 195 Å². The van der Waals surface area contributed by atoms with Gasteiger partial charge in [0.2, 0.25) is 0 Å². The van der Waals surface area contributed by atoms with Crippen LogP contribution >= 0.6 is 0 Å². The molecule has 0 aliphatic carbocycles. The second kappa shape index (κ2) is 11.0. The van der Waals surface area contributed by atoms with Crippen LogP contribution < -0.4 is 15.2 Å². The maximum absolute atomic E-state index is 12.3. The molecule has 3 aromatic carbocycles. The second-order valence-electron chi connectivity index (χ2n) is 8.02. The van der Waals surface area contributed by atoms with Gasteiger partial charge in [-0.25, -0.2) is 0 Å². The zero-order valence-electron chi connectivity index (χ0n) is 18.9. The minimum absolute atomic E-state index is 0.305. The van der Waals surface area contributed by atoms with Crippen molar-refractivity contribution in [1.82, 2.24) is 0 Å². The van der Waals surface area contributed by atoms with Crippen molar-refractivity contribution in [1.29, 1.82) is 5.26 Å². The quantitative estimate of drug-likeness (QED) is 0.462. The summed E-state index contributed by atoms with van der Waals surface area (Å²) in [5.74, 6) is -0.743. The molecule has 0 heterocycles. The molecule has 5 nitrogen and oxygen atoms in total. The Morgan fingerprint density at radius 1 is 1.12 bits per heavy atom. The number of nitrogens with zero attached hydrogens (tertiary/aromatic N) is 1. The lowest BCUT2D eigenvalue weighted by Gasteiger charge is -2.26. The van der Waals surface area contributed by atoms with E-state index in [0.717, 1.165) is 28.7 Å². The number of hydrogen-bond acceptors (Lipinski definition) is 5. The molecule has 1 atom stereocenters. The van der Waals surface area contributed by atoms with Crippen molar-refractivity contribution in [2.45, 2.75) is 39.3 Å². The molecule has 3 rings (SSSR count). The van der Waals surface area contributed by atoms with E-state index in [1.165, 1.54) is 0 Å². The topological polar surface area (TPSA) is 85.2 Å².